The average molecular weight is 311 g/mol. The summed E-state index contributed by atoms with van der Waals surface area (Å²) < 4.78 is 15.4. The Morgan fingerprint density at radius 1 is 1.23 bits per heavy atom. The number of allylic oxidation sites excluding steroid dienone is 1. The van der Waals surface area contributed by atoms with Gasteiger partial charge in [0, 0.05) is 45.9 Å². The van der Waals surface area contributed by atoms with Crippen LogP contribution >= 0.6 is 0 Å². The first-order valence-electron chi connectivity index (χ1n) is 7.39. The predicted octanol–water partition coefficient (Wildman–Crippen LogP) is 2.55. The summed E-state index contributed by atoms with van der Waals surface area (Å²) in [6.45, 7) is 9.34. The molecule has 0 unspecified atom stereocenters. The molecule has 5 nitrogen and oxygen atoms in total. The lowest BCUT2D eigenvalue weighted by Gasteiger charge is -2.22. The monoisotopic (exact) mass is 311 g/mol. The zero-order valence-electron chi connectivity index (χ0n) is 14.4. The Morgan fingerprint density at radius 3 is 2.45 bits per heavy atom. The van der Waals surface area contributed by atoms with Crippen molar-refractivity contribution in [3.05, 3.63) is 36.1 Å². The Labute approximate surface area is 134 Å². The number of amides is 1. The molecule has 0 aromatic heterocycles. The number of carbonyl (C=O) groups excluding carboxylic acids is 1. The van der Waals surface area contributed by atoms with Gasteiger partial charge in [0.25, 0.3) is 5.91 Å². The summed E-state index contributed by atoms with van der Waals surface area (Å²) in [6.07, 6.45) is 5.95. The first kappa shape index (κ1) is 20.4. The average Bonchev–Trinajstić information content (AvgIpc) is 2.49. The van der Waals surface area contributed by atoms with E-state index in [2.05, 4.69) is 6.58 Å². The zero-order chi connectivity index (χ0) is 17.0. The number of hydrogen-bond donors (Lipinski definition) is 0. The second-order valence-corrected chi connectivity index (χ2v) is 5.13. The molecule has 126 valence electrons. The van der Waals surface area contributed by atoms with Crippen LogP contribution in [0.5, 0.6) is 0 Å². The quantitative estimate of drug-likeness (QED) is 0.255. The summed E-state index contributed by atoms with van der Waals surface area (Å²) in [6, 6.07) is 0.114. The number of hydrogen-bond acceptors (Lipinski definition) is 4. The Hall–Kier alpha value is -1.59. The fourth-order valence-corrected chi connectivity index (χ4v) is 1.51. The minimum absolute atomic E-state index is 0.0796. The van der Waals surface area contributed by atoms with Crippen LogP contribution in [-0.2, 0) is 19.0 Å². The molecule has 0 N–H and O–H groups in total. The first-order valence-corrected chi connectivity index (χ1v) is 7.39. The third-order valence-electron chi connectivity index (χ3n) is 3.00. The van der Waals surface area contributed by atoms with Crippen molar-refractivity contribution >= 4 is 5.91 Å². The van der Waals surface area contributed by atoms with E-state index in [1.165, 1.54) is 0 Å². The molecule has 0 aromatic rings. The topological polar surface area (TPSA) is 48.0 Å². The largest absolute Gasteiger partial charge is 0.494 e. The minimum atomic E-state index is -0.0796. The van der Waals surface area contributed by atoms with E-state index in [9.17, 15) is 4.79 Å². The van der Waals surface area contributed by atoms with E-state index in [4.69, 9.17) is 14.2 Å². The number of nitrogens with zero attached hydrogens (tertiary/aromatic N) is 1. The molecule has 0 radical (unpaired) electrons. The number of rotatable bonds is 11. The van der Waals surface area contributed by atoms with Crippen molar-refractivity contribution < 1.29 is 19.0 Å². The summed E-state index contributed by atoms with van der Waals surface area (Å²) in [5.74, 6) is 0.377. The van der Waals surface area contributed by atoms with Gasteiger partial charge in [-0.05, 0) is 19.9 Å². The van der Waals surface area contributed by atoms with Crippen LogP contribution in [0.2, 0.25) is 0 Å². The van der Waals surface area contributed by atoms with Crippen LogP contribution in [0.1, 0.15) is 20.3 Å². The second-order valence-electron chi connectivity index (χ2n) is 5.13. The van der Waals surface area contributed by atoms with Gasteiger partial charge >= 0.3 is 0 Å². The maximum atomic E-state index is 12.4. The lowest BCUT2D eigenvalue weighted by atomic mass is 10.1. The van der Waals surface area contributed by atoms with Crippen LogP contribution in [0.15, 0.2) is 36.1 Å². The highest BCUT2D eigenvalue weighted by Gasteiger charge is 2.15. The van der Waals surface area contributed by atoms with Crippen LogP contribution in [0.4, 0.5) is 0 Å². The molecule has 0 heterocycles. The fourth-order valence-electron chi connectivity index (χ4n) is 1.51. The predicted molar refractivity (Wildman–Crippen MR) is 88.6 cm³/mol. The Kier molecular flexibility index (Phi) is 11.1. The van der Waals surface area contributed by atoms with Crippen molar-refractivity contribution in [2.45, 2.75) is 26.3 Å². The minimum Gasteiger partial charge on any atom is -0.494 e. The highest BCUT2D eigenvalue weighted by Crippen LogP contribution is 2.10. The first-order chi connectivity index (χ1) is 10.4. The van der Waals surface area contributed by atoms with Crippen LogP contribution in [0.3, 0.4) is 0 Å². The molecule has 0 aliphatic heterocycles. The summed E-state index contributed by atoms with van der Waals surface area (Å²) in [7, 11) is 5.02. The smallest absolute Gasteiger partial charge is 0.253 e. The molecule has 0 rings (SSSR count). The normalized spacial score (nSPS) is 12.0. The SMILES string of the molecule is C=C(/C=C(\C=C/COC)C(=O)N(C)C(C)C)OCCCOC. The molecule has 0 aliphatic carbocycles. The van der Waals surface area contributed by atoms with Crippen LogP contribution in [0.25, 0.3) is 0 Å². The van der Waals surface area contributed by atoms with E-state index in [0.717, 1.165) is 6.42 Å². The van der Waals surface area contributed by atoms with E-state index >= 15 is 0 Å². The third-order valence-corrected chi connectivity index (χ3v) is 3.00. The highest BCUT2D eigenvalue weighted by atomic mass is 16.5. The molecular weight excluding hydrogens is 282 g/mol. The van der Waals surface area contributed by atoms with E-state index in [1.807, 2.05) is 13.8 Å². The lowest BCUT2D eigenvalue weighted by molar-refractivity contribution is -0.126. The highest BCUT2D eigenvalue weighted by molar-refractivity contribution is 5.96. The van der Waals surface area contributed by atoms with Gasteiger partial charge in [0.15, 0.2) is 0 Å². The number of carbonyl (C=O) groups is 1. The number of methoxy groups -OCH3 is 2. The van der Waals surface area contributed by atoms with Gasteiger partial charge in [0.05, 0.1) is 13.2 Å². The van der Waals surface area contributed by atoms with Gasteiger partial charge in [-0.1, -0.05) is 18.7 Å². The van der Waals surface area contributed by atoms with E-state index in [-0.39, 0.29) is 11.9 Å². The van der Waals surface area contributed by atoms with E-state index in [1.54, 1.807) is 44.4 Å². The maximum Gasteiger partial charge on any atom is 0.253 e. The maximum absolute atomic E-state index is 12.4. The van der Waals surface area contributed by atoms with Gasteiger partial charge in [0.1, 0.15) is 5.76 Å². The molecule has 0 bridgehead atoms. The lowest BCUT2D eigenvalue weighted by Crippen LogP contribution is -2.33. The standard InChI is InChI=1S/C17H29NO4/c1-14(2)18(4)17(19)16(9-7-10-20-5)13-15(3)22-12-8-11-21-6/h7,9,13-14H,3,8,10-12H2,1-2,4-6H3/b9-7-,16-13+. The summed E-state index contributed by atoms with van der Waals surface area (Å²) in [4.78, 5) is 14.1. The van der Waals surface area contributed by atoms with Gasteiger partial charge in [0.2, 0.25) is 0 Å². The van der Waals surface area contributed by atoms with Crippen molar-refractivity contribution in [2.75, 3.05) is 41.1 Å². The molecule has 0 spiro atoms. The number of ether oxygens (including phenoxy) is 3. The Morgan fingerprint density at radius 2 is 1.91 bits per heavy atom. The Balaban J connectivity index is 4.86. The molecule has 0 saturated heterocycles. The van der Waals surface area contributed by atoms with Crippen molar-refractivity contribution in [3.8, 4) is 0 Å². The van der Waals surface area contributed by atoms with Gasteiger partial charge < -0.3 is 19.1 Å². The third kappa shape index (κ3) is 8.64. The van der Waals surface area contributed by atoms with Crippen molar-refractivity contribution in [1.29, 1.82) is 0 Å². The van der Waals surface area contributed by atoms with E-state index in [0.29, 0.717) is 31.2 Å². The van der Waals surface area contributed by atoms with Crippen LogP contribution in [-0.4, -0.2) is 57.9 Å². The summed E-state index contributed by atoms with van der Waals surface area (Å²) in [5.41, 5.74) is 0.519. The van der Waals surface area contributed by atoms with Crippen molar-refractivity contribution in [1.82, 2.24) is 4.90 Å². The van der Waals surface area contributed by atoms with Gasteiger partial charge in [-0.15, -0.1) is 0 Å². The fraction of sp³-hybridized carbons (Fsp3) is 0.588. The second kappa shape index (κ2) is 12.0. The van der Waals surface area contributed by atoms with Gasteiger partial charge in [-0.2, -0.15) is 0 Å². The Bertz CT molecular complexity index is 399. The molecule has 0 saturated carbocycles. The molecule has 1 amide bonds. The molecule has 0 fully saturated rings. The molecule has 5 heteroatoms. The summed E-state index contributed by atoms with van der Waals surface area (Å²) in [5, 5.41) is 0. The summed E-state index contributed by atoms with van der Waals surface area (Å²) >= 11 is 0. The van der Waals surface area contributed by atoms with Gasteiger partial charge in [-0.3, -0.25) is 4.79 Å². The molecule has 22 heavy (non-hydrogen) atoms. The number of likely N-dealkylation sites (N-methyl/N-ethyl adjacent to an activating group) is 1. The van der Waals surface area contributed by atoms with Crippen molar-refractivity contribution in [3.63, 3.8) is 0 Å². The molecule has 0 aromatic carbocycles. The zero-order valence-corrected chi connectivity index (χ0v) is 14.4. The van der Waals surface area contributed by atoms with E-state index < -0.39 is 0 Å². The van der Waals surface area contributed by atoms with Gasteiger partial charge in [-0.25, -0.2) is 0 Å². The molecule has 0 aliphatic rings. The van der Waals surface area contributed by atoms with Crippen LogP contribution in [0, 0.1) is 0 Å². The molecule has 0 atom stereocenters. The van der Waals surface area contributed by atoms with Crippen molar-refractivity contribution in [2.24, 2.45) is 0 Å². The van der Waals surface area contributed by atoms with Crippen LogP contribution < -0.4 is 0 Å². The molecular formula is C17H29NO4.